The molecule has 0 fully saturated rings. The first-order valence-corrected chi connectivity index (χ1v) is 9.74. The Hall–Kier alpha value is -3.75. The first kappa shape index (κ1) is 19.6. The number of hydrazone groups is 1. The number of fused-ring (bicyclic) bond motifs is 1. The summed E-state index contributed by atoms with van der Waals surface area (Å²) in [4.78, 5) is 13.4. The topological polar surface area (TPSA) is 104 Å². The van der Waals surface area contributed by atoms with Gasteiger partial charge in [-0.05, 0) is 31.2 Å². The molecule has 1 aliphatic heterocycles. The third kappa shape index (κ3) is 4.45. The van der Waals surface area contributed by atoms with E-state index in [0.717, 1.165) is 28.9 Å². The number of carbonyl (C=O) groups is 1. The summed E-state index contributed by atoms with van der Waals surface area (Å²) in [5.74, 6) is 1.62. The monoisotopic (exact) mass is 406 g/mol. The Bertz CT molecular complexity index is 1060. The van der Waals surface area contributed by atoms with E-state index < -0.39 is 0 Å². The van der Waals surface area contributed by atoms with Crippen LogP contribution in [0.5, 0.6) is 11.5 Å². The molecule has 9 nitrogen and oxygen atoms in total. The highest BCUT2D eigenvalue weighted by molar-refractivity contribution is 5.86. The molecule has 3 aromatic rings. The molecule has 0 saturated carbocycles. The van der Waals surface area contributed by atoms with Gasteiger partial charge < -0.3 is 9.47 Å². The number of nitrogens with zero attached hydrogens (tertiary/aromatic N) is 5. The summed E-state index contributed by atoms with van der Waals surface area (Å²) in [6, 6.07) is 13.3. The van der Waals surface area contributed by atoms with Crippen LogP contribution in [0, 0.1) is 0 Å². The van der Waals surface area contributed by atoms with E-state index in [1.165, 1.54) is 4.80 Å². The van der Waals surface area contributed by atoms with Crippen molar-refractivity contribution in [3.63, 3.8) is 0 Å². The summed E-state index contributed by atoms with van der Waals surface area (Å²) in [5, 5.41) is 16.1. The molecular formula is C21H22N6O3. The van der Waals surface area contributed by atoms with Crippen LogP contribution in [0.3, 0.4) is 0 Å². The molecule has 154 valence electrons. The Labute approximate surface area is 173 Å². The normalized spacial score (nSPS) is 15.1. The van der Waals surface area contributed by atoms with Crippen LogP contribution in [0.4, 0.5) is 0 Å². The Morgan fingerprint density at radius 1 is 1.37 bits per heavy atom. The largest absolute Gasteiger partial charge is 0.493 e. The number of carbonyl (C=O) groups excluding carboxylic acids is 1. The van der Waals surface area contributed by atoms with Gasteiger partial charge in [-0.15, -0.1) is 10.2 Å². The highest BCUT2D eigenvalue weighted by atomic mass is 16.5. The fraction of sp³-hybridized carbons (Fsp3) is 0.286. The zero-order valence-corrected chi connectivity index (χ0v) is 16.8. The van der Waals surface area contributed by atoms with Gasteiger partial charge in [0, 0.05) is 23.1 Å². The molecular weight excluding hydrogens is 384 g/mol. The lowest BCUT2D eigenvalue weighted by Crippen LogP contribution is -2.24. The van der Waals surface area contributed by atoms with Crippen LogP contribution in [0.1, 0.15) is 25.0 Å². The van der Waals surface area contributed by atoms with E-state index in [-0.39, 0.29) is 18.6 Å². The molecule has 1 N–H and O–H groups in total. The third-order valence-electron chi connectivity index (χ3n) is 4.49. The predicted molar refractivity (Wildman–Crippen MR) is 110 cm³/mol. The van der Waals surface area contributed by atoms with Gasteiger partial charge in [-0.3, -0.25) is 4.79 Å². The maximum atomic E-state index is 12.2. The van der Waals surface area contributed by atoms with Gasteiger partial charge in [-0.25, -0.2) is 5.43 Å². The Balaban J connectivity index is 1.39. The van der Waals surface area contributed by atoms with Gasteiger partial charge in [0.05, 0.1) is 12.8 Å². The average molecular weight is 406 g/mol. The molecule has 4 rings (SSSR count). The van der Waals surface area contributed by atoms with Crippen LogP contribution in [0.15, 0.2) is 47.6 Å². The highest BCUT2D eigenvalue weighted by Gasteiger charge is 2.21. The van der Waals surface area contributed by atoms with E-state index in [1.807, 2.05) is 56.3 Å². The molecule has 1 aromatic heterocycles. The molecule has 1 aliphatic rings. The molecule has 2 heterocycles. The fourth-order valence-electron chi connectivity index (χ4n) is 3.19. The molecule has 1 atom stereocenters. The summed E-state index contributed by atoms with van der Waals surface area (Å²) >= 11 is 0. The molecule has 30 heavy (non-hydrogen) atoms. The first-order valence-electron chi connectivity index (χ1n) is 9.74. The second kappa shape index (κ2) is 8.73. The molecule has 0 aliphatic carbocycles. The Morgan fingerprint density at radius 3 is 3.00 bits per heavy atom. The first-order chi connectivity index (χ1) is 14.6. The van der Waals surface area contributed by atoms with Gasteiger partial charge in [0.15, 0.2) is 0 Å². The van der Waals surface area contributed by atoms with E-state index in [2.05, 4.69) is 25.9 Å². The van der Waals surface area contributed by atoms with Crippen LogP contribution in [0.25, 0.3) is 11.4 Å². The second-order valence-electron chi connectivity index (χ2n) is 6.87. The number of ether oxygens (including phenoxy) is 2. The lowest BCUT2D eigenvalue weighted by molar-refractivity contribution is -0.122. The van der Waals surface area contributed by atoms with Crippen LogP contribution in [0.2, 0.25) is 0 Å². The lowest BCUT2D eigenvalue weighted by atomic mass is 10.1. The molecule has 0 radical (unpaired) electrons. The molecule has 0 unspecified atom stereocenters. The number of rotatable bonds is 7. The smallest absolute Gasteiger partial charge is 0.263 e. The van der Waals surface area contributed by atoms with Crippen LogP contribution < -0.4 is 14.9 Å². The van der Waals surface area contributed by atoms with E-state index in [4.69, 9.17) is 9.47 Å². The van der Waals surface area contributed by atoms with Crippen molar-refractivity contribution in [2.24, 2.45) is 5.10 Å². The molecule has 1 amide bonds. The third-order valence-corrected chi connectivity index (χ3v) is 4.49. The molecule has 0 spiro atoms. The SMILES string of the molecule is CCOc1cc2c(cc1/C=N\NC(=O)Cn1nnc(-c3ccccc3)n1)O[C@@H](C)C2. The van der Waals surface area contributed by atoms with Crippen molar-refractivity contribution in [2.75, 3.05) is 6.61 Å². The van der Waals surface area contributed by atoms with Gasteiger partial charge >= 0.3 is 0 Å². The molecule has 0 bridgehead atoms. The van der Waals surface area contributed by atoms with Crippen molar-refractivity contribution in [3.05, 3.63) is 53.6 Å². The molecule has 0 saturated heterocycles. The van der Waals surface area contributed by atoms with Crippen molar-refractivity contribution in [1.29, 1.82) is 0 Å². The average Bonchev–Trinajstić information content (AvgIpc) is 3.34. The highest BCUT2D eigenvalue weighted by Crippen LogP contribution is 2.34. The van der Waals surface area contributed by atoms with Gasteiger partial charge in [-0.2, -0.15) is 9.90 Å². The van der Waals surface area contributed by atoms with Gasteiger partial charge in [0.25, 0.3) is 5.91 Å². The van der Waals surface area contributed by atoms with Crippen molar-refractivity contribution in [1.82, 2.24) is 25.6 Å². The van der Waals surface area contributed by atoms with E-state index >= 15 is 0 Å². The number of nitrogens with one attached hydrogen (secondary N) is 1. The number of amides is 1. The minimum absolute atomic E-state index is 0.0969. The molecule has 2 aromatic carbocycles. The Morgan fingerprint density at radius 2 is 2.20 bits per heavy atom. The molecule has 9 heteroatoms. The fourth-order valence-corrected chi connectivity index (χ4v) is 3.19. The second-order valence-corrected chi connectivity index (χ2v) is 6.87. The number of benzene rings is 2. The summed E-state index contributed by atoms with van der Waals surface area (Å²) in [6.07, 6.45) is 2.52. The minimum Gasteiger partial charge on any atom is -0.493 e. The van der Waals surface area contributed by atoms with Crippen LogP contribution in [-0.2, 0) is 17.8 Å². The number of tetrazole rings is 1. The van der Waals surface area contributed by atoms with Crippen LogP contribution >= 0.6 is 0 Å². The minimum atomic E-state index is -0.368. The van der Waals surface area contributed by atoms with Crippen LogP contribution in [-0.4, -0.2) is 45.0 Å². The summed E-state index contributed by atoms with van der Waals surface area (Å²) in [6.45, 7) is 4.38. The van der Waals surface area contributed by atoms with Gasteiger partial charge in [0.1, 0.15) is 24.1 Å². The number of hydrogen-bond acceptors (Lipinski definition) is 7. The number of hydrogen-bond donors (Lipinski definition) is 1. The number of aromatic nitrogens is 4. The van der Waals surface area contributed by atoms with E-state index in [1.54, 1.807) is 6.21 Å². The lowest BCUT2D eigenvalue weighted by Gasteiger charge is -2.09. The van der Waals surface area contributed by atoms with E-state index in [9.17, 15) is 4.79 Å². The van der Waals surface area contributed by atoms with Gasteiger partial charge in [0.2, 0.25) is 5.82 Å². The summed E-state index contributed by atoms with van der Waals surface area (Å²) in [5.41, 5.74) is 5.15. The standard InChI is InChI=1S/C21H22N6O3/c1-3-29-18-10-16-9-14(2)30-19(16)11-17(18)12-22-23-20(28)13-27-25-21(24-26-27)15-7-5-4-6-8-15/h4-8,10-12,14H,3,9,13H2,1-2H3,(H,23,28)/b22-12-/t14-/m0/s1. The Kier molecular flexibility index (Phi) is 5.69. The quantitative estimate of drug-likeness (QED) is 0.477. The summed E-state index contributed by atoms with van der Waals surface area (Å²) in [7, 11) is 0. The van der Waals surface area contributed by atoms with Crippen molar-refractivity contribution < 1.29 is 14.3 Å². The van der Waals surface area contributed by atoms with Gasteiger partial charge in [-0.1, -0.05) is 30.3 Å². The maximum Gasteiger partial charge on any atom is 0.263 e. The van der Waals surface area contributed by atoms with Crippen molar-refractivity contribution in [3.8, 4) is 22.9 Å². The van der Waals surface area contributed by atoms with Crippen molar-refractivity contribution >= 4 is 12.1 Å². The zero-order chi connectivity index (χ0) is 20.9. The van der Waals surface area contributed by atoms with Crippen molar-refractivity contribution in [2.45, 2.75) is 32.9 Å². The zero-order valence-electron chi connectivity index (χ0n) is 16.8. The maximum absolute atomic E-state index is 12.2. The van der Waals surface area contributed by atoms with E-state index in [0.29, 0.717) is 18.2 Å². The summed E-state index contributed by atoms with van der Waals surface area (Å²) < 4.78 is 11.5. The predicted octanol–water partition coefficient (Wildman–Crippen LogP) is 2.21.